The molecule has 40 heavy (non-hydrogen) atoms. The fourth-order valence-electron chi connectivity index (χ4n) is 6.96. The number of ketones is 2. The predicted molar refractivity (Wildman–Crippen MR) is 174 cm³/mol. The first-order valence-corrected chi connectivity index (χ1v) is 16.7. The Morgan fingerprint density at radius 1 is 0.775 bits per heavy atom. The standard InChI is InChI=1S/C34H58O4S2/c1-9-33(7)15-11-13-23(3)31(33)27(35)19-25(5)29(39)21-37-17-18-38-22-30(40)26(6)20-28(36)32-24(4)14-12-16-34(32,8)10-2/h11-14,23-26,29-32,39-40H,9-10,15-22H2,1-8H3. The number of Topliss-reactive ketones (excluding diaryl/α,β-unsaturated/α-hetero) is 2. The molecule has 0 saturated heterocycles. The van der Waals surface area contributed by atoms with Crippen LogP contribution in [0.5, 0.6) is 0 Å². The van der Waals surface area contributed by atoms with Crippen molar-refractivity contribution in [2.24, 2.45) is 46.3 Å². The average Bonchev–Trinajstić information content (AvgIpc) is 2.89. The van der Waals surface area contributed by atoms with Gasteiger partial charge < -0.3 is 9.47 Å². The number of hydrogen-bond donors (Lipinski definition) is 2. The first-order chi connectivity index (χ1) is 18.8. The molecule has 6 heteroatoms. The van der Waals surface area contributed by atoms with E-state index in [1.165, 1.54) is 0 Å². The second-order valence-corrected chi connectivity index (χ2v) is 14.9. The highest BCUT2D eigenvalue weighted by atomic mass is 32.1. The molecule has 10 atom stereocenters. The van der Waals surface area contributed by atoms with Gasteiger partial charge in [-0.05, 0) is 60.2 Å². The van der Waals surface area contributed by atoms with E-state index >= 15 is 0 Å². The molecule has 0 heterocycles. The van der Waals surface area contributed by atoms with Gasteiger partial charge in [0.15, 0.2) is 0 Å². The Hall–Kier alpha value is -0.560. The summed E-state index contributed by atoms with van der Waals surface area (Å²) in [6.45, 7) is 19.4. The molecular weight excluding hydrogens is 537 g/mol. The van der Waals surface area contributed by atoms with E-state index < -0.39 is 0 Å². The minimum absolute atomic E-state index is 0.000706. The van der Waals surface area contributed by atoms with Gasteiger partial charge in [-0.3, -0.25) is 9.59 Å². The van der Waals surface area contributed by atoms with Gasteiger partial charge in [0.1, 0.15) is 11.6 Å². The van der Waals surface area contributed by atoms with Crippen molar-refractivity contribution in [1.82, 2.24) is 0 Å². The SMILES string of the molecule is CCC1(C)CC=CC(C)C1C(=O)CC(C)C(S)COCCOCC(S)C(C)CC(=O)C1C(C)C=CCC1(C)CC. The molecule has 0 amide bonds. The molecule has 0 N–H and O–H groups in total. The topological polar surface area (TPSA) is 52.6 Å². The second kappa shape index (κ2) is 16.3. The fraction of sp³-hybridized carbons (Fsp3) is 0.824. The minimum Gasteiger partial charge on any atom is -0.378 e. The molecule has 2 aliphatic carbocycles. The lowest BCUT2D eigenvalue weighted by atomic mass is 9.62. The Kier molecular flexibility index (Phi) is 14.5. The molecule has 0 aromatic carbocycles. The van der Waals surface area contributed by atoms with Crippen molar-refractivity contribution in [3.63, 3.8) is 0 Å². The molecule has 0 fully saturated rings. The van der Waals surface area contributed by atoms with Crippen LogP contribution >= 0.6 is 25.3 Å². The monoisotopic (exact) mass is 594 g/mol. The number of thiol groups is 2. The largest absolute Gasteiger partial charge is 0.378 e. The van der Waals surface area contributed by atoms with Gasteiger partial charge in [0.2, 0.25) is 0 Å². The third kappa shape index (κ3) is 9.47. The van der Waals surface area contributed by atoms with Gasteiger partial charge >= 0.3 is 0 Å². The van der Waals surface area contributed by atoms with E-state index in [9.17, 15) is 9.59 Å². The van der Waals surface area contributed by atoms with Crippen molar-refractivity contribution in [2.75, 3.05) is 26.4 Å². The van der Waals surface area contributed by atoms with E-state index in [4.69, 9.17) is 34.7 Å². The van der Waals surface area contributed by atoms with Crippen molar-refractivity contribution in [3.8, 4) is 0 Å². The van der Waals surface area contributed by atoms with E-state index in [0.29, 0.717) is 50.8 Å². The summed E-state index contributed by atoms with van der Waals surface area (Å²) in [7, 11) is 0. The molecule has 0 aromatic rings. The number of rotatable bonds is 17. The number of ether oxygens (including phenoxy) is 2. The predicted octanol–water partition coefficient (Wildman–Crippen LogP) is 8.06. The van der Waals surface area contributed by atoms with Crippen LogP contribution in [-0.2, 0) is 19.1 Å². The van der Waals surface area contributed by atoms with Crippen LogP contribution in [0, 0.1) is 46.3 Å². The third-order valence-electron chi connectivity index (χ3n) is 10.2. The first-order valence-electron chi connectivity index (χ1n) is 15.7. The van der Waals surface area contributed by atoms with Gasteiger partial charge in [-0.25, -0.2) is 0 Å². The number of allylic oxidation sites excluding steroid dienone is 4. The molecule has 2 aliphatic rings. The van der Waals surface area contributed by atoms with Crippen LogP contribution in [-0.4, -0.2) is 48.5 Å². The van der Waals surface area contributed by atoms with Crippen molar-refractivity contribution in [2.45, 2.75) is 104 Å². The lowest BCUT2D eigenvalue weighted by Crippen LogP contribution is -2.40. The Labute approximate surface area is 256 Å². The summed E-state index contributed by atoms with van der Waals surface area (Å²) in [5.41, 5.74) is 0.0879. The van der Waals surface area contributed by atoms with Crippen molar-refractivity contribution in [1.29, 1.82) is 0 Å². The number of carbonyl (C=O) groups excluding carboxylic acids is 2. The summed E-state index contributed by atoms with van der Waals surface area (Å²) in [4.78, 5) is 26.6. The lowest BCUT2D eigenvalue weighted by molar-refractivity contribution is -0.130. The lowest BCUT2D eigenvalue weighted by Gasteiger charge is -2.41. The van der Waals surface area contributed by atoms with Crippen LogP contribution in [0.2, 0.25) is 0 Å². The van der Waals surface area contributed by atoms with Gasteiger partial charge in [-0.1, -0.05) is 79.7 Å². The van der Waals surface area contributed by atoms with Crippen LogP contribution < -0.4 is 0 Å². The van der Waals surface area contributed by atoms with Crippen molar-refractivity contribution in [3.05, 3.63) is 24.3 Å². The normalized spacial score (nSPS) is 33.4. The van der Waals surface area contributed by atoms with Gasteiger partial charge in [0, 0.05) is 35.2 Å². The molecule has 0 spiro atoms. The maximum absolute atomic E-state index is 13.3. The molecule has 4 nitrogen and oxygen atoms in total. The minimum atomic E-state index is 0.000706. The third-order valence-corrected chi connectivity index (χ3v) is 11.5. The van der Waals surface area contributed by atoms with Gasteiger partial charge in [-0.2, -0.15) is 25.3 Å². The van der Waals surface area contributed by atoms with Crippen LogP contribution in [0.4, 0.5) is 0 Å². The highest BCUT2D eigenvalue weighted by Gasteiger charge is 2.43. The molecule has 230 valence electrons. The molecule has 0 saturated carbocycles. The smallest absolute Gasteiger partial charge is 0.137 e. The first kappa shape index (κ1) is 35.6. The van der Waals surface area contributed by atoms with Crippen LogP contribution in [0.3, 0.4) is 0 Å². The van der Waals surface area contributed by atoms with Crippen LogP contribution in [0.1, 0.15) is 93.9 Å². The molecule has 2 rings (SSSR count). The van der Waals surface area contributed by atoms with E-state index in [1.807, 2.05) is 0 Å². The summed E-state index contributed by atoms with van der Waals surface area (Å²) in [6.07, 6.45) is 13.9. The van der Waals surface area contributed by atoms with Gasteiger partial charge in [0.05, 0.1) is 26.4 Å². The maximum Gasteiger partial charge on any atom is 0.137 e. The number of carbonyl (C=O) groups is 2. The van der Waals surface area contributed by atoms with Gasteiger partial charge in [0.25, 0.3) is 0 Å². The molecule has 0 aromatic heterocycles. The number of hydrogen-bond acceptors (Lipinski definition) is 6. The quantitative estimate of drug-likeness (QED) is 0.102. The summed E-state index contributed by atoms with van der Waals surface area (Å²) in [5.74, 6) is 1.73. The maximum atomic E-state index is 13.3. The summed E-state index contributed by atoms with van der Waals surface area (Å²) in [5, 5.41) is 0.00141. The highest BCUT2D eigenvalue weighted by Crippen LogP contribution is 2.46. The Morgan fingerprint density at radius 3 is 1.45 bits per heavy atom. The zero-order valence-corrected chi connectivity index (χ0v) is 28.3. The van der Waals surface area contributed by atoms with Crippen LogP contribution in [0.15, 0.2) is 24.3 Å². The van der Waals surface area contributed by atoms with Crippen molar-refractivity contribution < 1.29 is 19.1 Å². The summed E-state index contributed by atoms with van der Waals surface area (Å²) < 4.78 is 11.7. The Morgan fingerprint density at radius 2 is 1.12 bits per heavy atom. The van der Waals surface area contributed by atoms with E-state index in [2.05, 4.69) is 79.7 Å². The van der Waals surface area contributed by atoms with E-state index in [0.717, 1.165) is 25.7 Å². The Balaban J connectivity index is 1.68. The fourth-order valence-corrected chi connectivity index (χ4v) is 7.38. The zero-order chi connectivity index (χ0) is 30.1. The molecule has 0 bridgehead atoms. The van der Waals surface area contributed by atoms with E-state index in [-0.39, 0.29) is 56.8 Å². The Bertz CT molecular complexity index is 802. The molecule has 0 aliphatic heterocycles. The average molecular weight is 595 g/mol. The molecule has 0 radical (unpaired) electrons. The molecule has 10 unspecified atom stereocenters. The zero-order valence-electron chi connectivity index (χ0n) is 26.5. The second-order valence-electron chi connectivity index (χ2n) is 13.5. The van der Waals surface area contributed by atoms with Crippen LogP contribution in [0.25, 0.3) is 0 Å². The summed E-state index contributed by atoms with van der Waals surface area (Å²) in [6, 6.07) is 0. The summed E-state index contributed by atoms with van der Waals surface area (Å²) >= 11 is 9.51. The van der Waals surface area contributed by atoms with Crippen molar-refractivity contribution >= 4 is 36.8 Å². The van der Waals surface area contributed by atoms with E-state index in [1.54, 1.807) is 0 Å². The molecular formula is C34H58O4S2. The highest BCUT2D eigenvalue weighted by molar-refractivity contribution is 7.81. The van der Waals surface area contributed by atoms with Gasteiger partial charge in [-0.15, -0.1) is 0 Å².